The Hall–Kier alpha value is -3.30. The number of carbonyl (C=O) groups is 1. The summed E-state index contributed by atoms with van der Waals surface area (Å²) in [4.78, 5) is 34.0. The number of ether oxygens (including phenoxy) is 1. The van der Waals surface area contributed by atoms with E-state index in [1.54, 1.807) is 24.4 Å². The van der Waals surface area contributed by atoms with E-state index in [9.17, 15) is 19.1 Å². The summed E-state index contributed by atoms with van der Waals surface area (Å²) in [6.07, 6.45) is 2.01. The van der Waals surface area contributed by atoms with Gasteiger partial charge in [0.25, 0.3) is 11.5 Å². The molecule has 0 fully saturated rings. The smallest absolute Gasteiger partial charge is 0.265 e. The molecule has 170 valence electrons. The molecule has 0 atom stereocenters. The molecular weight excluding hydrogens is 415 g/mol. The van der Waals surface area contributed by atoms with Crippen LogP contribution in [0.2, 0.25) is 0 Å². The Balaban J connectivity index is 1.90. The van der Waals surface area contributed by atoms with Crippen molar-refractivity contribution in [3.63, 3.8) is 0 Å². The maximum Gasteiger partial charge on any atom is 0.265 e. The Kier molecular flexibility index (Phi) is 7.55. The Morgan fingerprint density at radius 2 is 1.97 bits per heavy atom. The van der Waals surface area contributed by atoms with Gasteiger partial charge in [-0.2, -0.15) is 0 Å². The number of fused-ring (bicyclic) bond motifs is 1. The Morgan fingerprint density at radius 1 is 1.25 bits per heavy atom. The fourth-order valence-electron chi connectivity index (χ4n) is 3.36. The number of aromatic hydroxyl groups is 1. The molecule has 0 saturated heterocycles. The normalized spacial score (nSPS) is 11.3. The van der Waals surface area contributed by atoms with Gasteiger partial charge in [-0.3, -0.25) is 14.6 Å². The topological polar surface area (TPSA) is 122 Å². The lowest BCUT2D eigenvalue weighted by Crippen LogP contribution is -2.40. The summed E-state index contributed by atoms with van der Waals surface area (Å²) in [5.74, 6) is -1.44. The number of halogens is 1. The van der Waals surface area contributed by atoms with Crippen LogP contribution in [-0.4, -0.2) is 58.2 Å². The fourth-order valence-corrected chi connectivity index (χ4v) is 3.36. The SMILES string of the molecule is CC(C)OCCN(CCN)C(=O)c1c(O)c2ncc(Cc3ccc(F)cc3)cc2[nH]c1=O. The molecule has 0 aliphatic carbocycles. The highest BCUT2D eigenvalue weighted by atomic mass is 19.1. The molecule has 0 unspecified atom stereocenters. The number of nitrogens with two attached hydrogens (primary N) is 1. The predicted octanol–water partition coefficient (Wildman–Crippen LogP) is 2.18. The zero-order valence-corrected chi connectivity index (χ0v) is 18.1. The number of hydrogen-bond donors (Lipinski definition) is 3. The third kappa shape index (κ3) is 5.49. The lowest BCUT2D eigenvalue weighted by Gasteiger charge is -2.22. The molecule has 3 rings (SSSR count). The van der Waals surface area contributed by atoms with E-state index in [0.717, 1.165) is 11.1 Å². The van der Waals surface area contributed by atoms with Gasteiger partial charge in [-0.1, -0.05) is 12.1 Å². The predicted molar refractivity (Wildman–Crippen MR) is 119 cm³/mol. The standard InChI is InChI=1S/C23H27FN4O4/c1-14(2)32-10-9-28(8-7-25)23(31)19-21(29)20-18(27-22(19)30)12-16(13-26-20)11-15-3-5-17(24)6-4-15/h3-6,12-14H,7-11,25H2,1-2H3,(H2,27,29,30). The minimum absolute atomic E-state index is 0.00407. The summed E-state index contributed by atoms with van der Waals surface area (Å²) in [7, 11) is 0. The van der Waals surface area contributed by atoms with Crippen LogP contribution in [0, 0.1) is 5.82 Å². The molecule has 8 nitrogen and oxygen atoms in total. The van der Waals surface area contributed by atoms with Crippen molar-refractivity contribution in [2.24, 2.45) is 5.73 Å². The van der Waals surface area contributed by atoms with Gasteiger partial charge >= 0.3 is 0 Å². The number of nitrogens with one attached hydrogen (secondary N) is 1. The van der Waals surface area contributed by atoms with Crippen LogP contribution < -0.4 is 11.3 Å². The van der Waals surface area contributed by atoms with Crippen molar-refractivity contribution in [2.75, 3.05) is 26.2 Å². The number of aromatic amines is 1. The van der Waals surface area contributed by atoms with Crippen LogP contribution in [0.1, 0.15) is 35.3 Å². The average Bonchev–Trinajstić information content (AvgIpc) is 2.74. The van der Waals surface area contributed by atoms with Gasteiger partial charge in [0.1, 0.15) is 16.9 Å². The van der Waals surface area contributed by atoms with E-state index in [1.807, 2.05) is 13.8 Å². The number of aromatic nitrogens is 2. The van der Waals surface area contributed by atoms with Gasteiger partial charge in [-0.15, -0.1) is 0 Å². The summed E-state index contributed by atoms with van der Waals surface area (Å²) in [6, 6.07) is 7.74. The third-order valence-corrected chi connectivity index (χ3v) is 4.91. The number of benzene rings is 1. The molecule has 0 aliphatic heterocycles. The van der Waals surface area contributed by atoms with Crippen molar-refractivity contribution >= 4 is 16.9 Å². The van der Waals surface area contributed by atoms with E-state index in [0.29, 0.717) is 11.9 Å². The van der Waals surface area contributed by atoms with Gasteiger partial charge in [0, 0.05) is 25.8 Å². The van der Waals surface area contributed by atoms with Gasteiger partial charge in [0.2, 0.25) is 0 Å². The zero-order chi connectivity index (χ0) is 23.3. The number of nitrogens with zero attached hydrogens (tertiary/aromatic N) is 2. The molecule has 2 aromatic heterocycles. The quantitative estimate of drug-likeness (QED) is 0.467. The van der Waals surface area contributed by atoms with Crippen LogP contribution in [0.15, 0.2) is 41.3 Å². The van der Waals surface area contributed by atoms with Crippen molar-refractivity contribution in [1.29, 1.82) is 0 Å². The van der Waals surface area contributed by atoms with Crippen LogP contribution in [0.4, 0.5) is 4.39 Å². The van der Waals surface area contributed by atoms with Crippen LogP contribution >= 0.6 is 0 Å². The Bertz CT molecular complexity index is 1150. The highest BCUT2D eigenvalue weighted by molar-refractivity contribution is 6.01. The highest BCUT2D eigenvalue weighted by Crippen LogP contribution is 2.25. The number of H-pyrrole nitrogens is 1. The molecule has 0 aliphatic rings. The zero-order valence-electron chi connectivity index (χ0n) is 18.1. The molecule has 1 aromatic carbocycles. The van der Waals surface area contributed by atoms with E-state index in [-0.39, 0.29) is 49.2 Å². The van der Waals surface area contributed by atoms with E-state index < -0.39 is 17.2 Å². The minimum Gasteiger partial charge on any atom is -0.505 e. The first-order valence-corrected chi connectivity index (χ1v) is 10.4. The minimum atomic E-state index is -0.715. The molecule has 4 N–H and O–H groups in total. The second-order valence-electron chi connectivity index (χ2n) is 7.72. The van der Waals surface area contributed by atoms with Crippen molar-refractivity contribution in [1.82, 2.24) is 14.9 Å². The van der Waals surface area contributed by atoms with Gasteiger partial charge in [0.15, 0.2) is 5.75 Å². The van der Waals surface area contributed by atoms with Gasteiger partial charge in [-0.25, -0.2) is 4.39 Å². The maximum absolute atomic E-state index is 13.1. The van der Waals surface area contributed by atoms with Crippen LogP contribution in [0.5, 0.6) is 5.75 Å². The number of amides is 1. The summed E-state index contributed by atoms with van der Waals surface area (Å²) >= 11 is 0. The molecule has 32 heavy (non-hydrogen) atoms. The lowest BCUT2D eigenvalue weighted by atomic mass is 10.1. The number of hydrogen-bond acceptors (Lipinski definition) is 6. The average molecular weight is 442 g/mol. The second kappa shape index (κ2) is 10.3. The van der Waals surface area contributed by atoms with Gasteiger partial charge in [-0.05, 0) is 49.6 Å². The van der Waals surface area contributed by atoms with Crippen molar-refractivity contribution < 1.29 is 19.0 Å². The molecular formula is C23H27FN4O4. The second-order valence-corrected chi connectivity index (χ2v) is 7.72. The monoisotopic (exact) mass is 442 g/mol. The Morgan fingerprint density at radius 3 is 2.62 bits per heavy atom. The molecule has 2 heterocycles. The highest BCUT2D eigenvalue weighted by Gasteiger charge is 2.25. The summed E-state index contributed by atoms with van der Waals surface area (Å²) in [5.41, 5.74) is 6.56. The third-order valence-electron chi connectivity index (χ3n) is 4.91. The van der Waals surface area contributed by atoms with Gasteiger partial charge in [0.05, 0.1) is 18.2 Å². The first-order valence-electron chi connectivity index (χ1n) is 10.4. The maximum atomic E-state index is 13.1. The molecule has 0 bridgehead atoms. The molecule has 1 amide bonds. The van der Waals surface area contributed by atoms with E-state index >= 15 is 0 Å². The molecule has 0 radical (unpaired) electrons. The summed E-state index contributed by atoms with van der Waals surface area (Å²) in [6.45, 7) is 4.68. The van der Waals surface area contributed by atoms with E-state index in [2.05, 4.69) is 9.97 Å². The molecule has 0 saturated carbocycles. The first-order chi connectivity index (χ1) is 15.3. The largest absolute Gasteiger partial charge is 0.505 e. The molecule has 3 aromatic rings. The van der Waals surface area contributed by atoms with Crippen molar-refractivity contribution in [3.8, 4) is 5.75 Å². The van der Waals surface area contributed by atoms with Crippen LogP contribution in [-0.2, 0) is 11.2 Å². The number of carbonyl (C=O) groups excluding carboxylic acids is 1. The van der Waals surface area contributed by atoms with Crippen LogP contribution in [0.25, 0.3) is 11.0 Å². The van der Waals surface area contributed by atoms with Crippen LogP contribution in [0.3, 0.4) is 0 Å². The summed E-state index contributed by atoms with van der Waals surface area (Å²) < 4.78 is 18.6. The van der Waals surface area contributed by atoms with Gasteiger partial charge < -0.3 is 25.5 Å². The fraction of sp³-hybridized carbons (Fsp3) is 0.348. The summed E-state index contributed by atoms with van der Waals surface area (Å²) in [5, 5.41) is 10.7. The van der Waals surface area contributed by atoms with E-state index in [4.69, 9.17) is 10.5 Å². The first kappa shape index (κ1) is 23.4. The molecule has 9 heteroatoms. The Labute approximate surface area is 184 Å². The van der Waals surface area contributed by atoms with E-state index in [1.165, 1.54) is 17.0 Å². The lowest BCUT2D eigenvalue weighted by molar-refractivity contribution is 0.0486. The van der Waals surface area contributed by atoms with Crippen molar-refractivity contribution in [3.05, 3.63) is 69.4 Å². The van der Waals surface area contributed by atoms with Crippen molar-refractivity contribution in [2.45, 2.75) is 26.4 Å². The number of pyridine rings is 2. The number of rotatable bonds is 9. The molecule has 0 spiro atoms.